The number of carbonyl (C=O) groups is 2. The van der Waals surface area contributed by atoms with E-state index in [0.29, 0.717) is 12.8 Å². The fourth-order valence-corrected chi connectivity index (χ4v) is 2.03. The molecule has 0 saturated heterocycles. The Labute approximate surface area is 86.1 Å². The van der Waals surface area contributed by atoms with Crippen LogP contribution >= 0.6 is 0 Å². The molecular formula is C11H22NO2+. The van der Waals surface area contributed by atoms with E-state index < -0.39 is 5.41 Å². The van der Waals surface area contributed by atoms with Crippen molar-refractivity contribution in [2.45, 2.75) is 47.5 Å². The van der Waals surface area contributed by atoms with Gasteiger partial charge in [0.1, 0.15) is 5.78 Å². The van der Waals surface area contributed by atoms with Gasteiger partial charge in [-0.15, -0.1) is 0 Å². The lowest BCUT2D eigenvalue weighted by Crippen LogP contribution is -2.63. The number of amides is 1. The molecular weight excluding hydrogens is 178 g/mol. The van der Waals surface area contributed by atoms with Gasteiger partial charge in [0.05, 0.1) is 5.41 Å². The van der Waals surface area contributed by atoms with Crippen molar-refractivity contribution >= 4 is 11.7 Å². The smallest absolute Gasteiger partial charge is 0.300 e. The maximum absolute atomic E-state index is 11.2. The van der Waals surface area contributed by atoms with Crippen LogP contribution in [0.4, 0.5) is 0 Å². The summed E-state index contributed by atoms with van der Waals surface area (Å²) >= 11 is 0. The van der Waals surface area contributed by atoms with E-state index in [0.717, 1.165) is 0 Å². The van der Waals surface area contributed by atoms with Gasteiger partial charge in [-0.3, -0.25) is 5.73 Å². The molecule has 0 unspecified atom stereocenters. The number of quaternary nitrogens is 1. The van der Waals surface area contributed by atoms with Crippen LogP contribution < -0.4 is 5.73 Å². The van der Waals surface area contributed by atoms with Crippen molar-refractivity contribution in [3.05, 3.63) is 0 Å². The molecule has 0 atom stereocenters. The van der Waals surface area contributed by atoms with Crippen molar-refractivity contribution < 1.29 is 15.3 Å². The van der Waals surface area contributed by atoms with Crippen molar-refractivity contribution in [2.24, 2.45) is 10.8 Å². The second-order valence-electron chi connectivity index (χ2n) is 5.53. The molecule has 0 aliphatic rings. The van der Waals surface area contributed by atoms with Crippen LogP contribution in [0.15, 0.2) is 0 Å². The summed E-state index contributed by atoms with van der Waals surface area (Å²) in [5.74, 6) is 0.108. The number of hydrogen-bond acceptors (Lipinski definition) is 2. The van der Waals surface area contributed by atoms with Crippen LogP contribution in [0.3, 0.4) is 0 Å². The first kappa shape index (κ1) is 13.3. The summed E-state index contributed by atoms with van der Waals surface area (Å²) in [5, 5.41) is 0. The van der Waals surface area contributed by atoms with Crippen molar-refractivity contribution in [1.29, 1.82) is 0 Å². The zero-order chi connectivity index (χ0) is 11.6. The van der Waals surface area contributed by atoms with Crippen LogP contribution in [0.5, 0.6) is 0 Å². The molecule has 0 aromatic carbocycles. The van der Waals surface area contributed by atoms with E-state index in [2.05, 4.69) is 5.73 Å². The molecule has 0 heterocycles. The Kier molecular flexibility index (Phi) is 4.01. The van der Waals surface area contributed by atoms with E-state index in [-0.39, 0.29) is 17.1 Å². The number of hydrogen-bond donors (Lipinski definition) is 1. The van der Waals surface area contributed by atoms with E-state index in [1.807, 2.05) is 27.7 Å². The summed E-state index contributed by atoms with van der Waals surface area (Å²) in [6, 6.07) is 0. The molecule has 3 heteroatoms. The van der Waals surface area contributed by atoms with Gasteiger partial charge in [0.15, 0.2) is 0 Å². The number of carbonyl (C=O) groups excluding carboxylic acids is 2. The predicted octanol–water partition coefficient (Wildman–Crippen LogP) is 1.18. The van der Waals surface area contributed by atoms with Crippen LogP contribution in [0.25, 0.3) is 0 Å². The largest absolute Gasteiger partial charge is 0.314 e. The van der Waals surface area contributed by atoms with E-state index in [9.17, 15) is 9.59 Å². The molecule has 3 nitrogen and oxygen atoms in total. The van der Waals surface area contributed by atoms with E-state index in [1.54, 1.807) is 6.92 Å². The van der Waals surface area contributed by atoms with Crippen LogP contribution in [0, 0.1) is 10.8 Å². The lowest BCUT2D eigenvalue weighted by atomic mass is 9.72. The molecule has 0 aromatic heterocycles. The van der Waals surface area contributed by atoms with Crippen LogP contribution in [-0.2, 0) is 9.59 Å². The molecule has 0 saturated carbocycles. The molecule has 0 rings (SSSR count). The molecule has 0 bridgehead atoms. The Morgan fingerprint density at radius 1 is 1.14 bits per heavy atom. The lowest BCUT2D eigenvalue weighted by molar-refractivity contribution is -0.318. The quantitative estimate of drug-likeness (QED) is 0.724. The van der Waals surface area contributed by atoms with Gasteiger partial charge in [-0.1, -0.05) is 13.8 Å². The summed E-state index contributed by atoms with van der Waals surface area (Å²) in [4.78, 5) is 22.2. The molecule has 0 aliphatic carbocycles. The molecule has 0 radical (unpaired) electrons. The standard InChI is InChI=1S/C11H21NO2/c1-8(13)6-10(2,3)7-11(4,5)9(12)14/h6-7H2,1-5H3,(H2,12,14)/p+1. The Balaban J connectivity index is 4.49. The molecule has 82 valence electrons. The second kappa shape index (κ2) is 4.22. The molecule has 0 aromatic rings. The van der Waals surface area contributed by atoms with Gasteiger partial charge in [0, 0.05) is 6.42 Å². The zero-order valence-corrected chi connectivity index (χ0v) is 9.94. The predicted molar refractivity (Wildman–Crippen MR) is 55.4 cm³/mol. The average Bonchev–Trinajstić information content (AvgIpc) is 1.79. The summed E-state index contributed by atoms with van der Waals surface area (Å²) in [5.41, 5.74) is 2.90. The third-order valence-corrected chi connectivity index (χ3v) is 2.40. The summed E-state index contributed by atoms with van der Waals surface area (Å²) in [6.07, 6.45) is 1.21. The average molecular weight is 200 g/mol. The third kappa shape index (κ3) is 4.51. The van der Waals surface area contributed by atoms with E-state index in [4.69, 9.17) is 0 Å². The fourth-order valence-electron chi connectivity index (χ4n) is 2.03. The van der Waals surface area contributed by atoms with Gasteiger partial charge in [-0.05, 0) is 32.6 Å². The van der Waals surface area contributed by atoms with Crippen LogP contribution in [0.1, 0.15) is 47.5 Å². The normalized spacial score (nSPS) is 12.7. The van der Waals surface area contributed by atoms with Crippen molar-refractivity contribution in [3.8, 4) is 0 Å². The molecule has 14 heavy (non-hydrogen) atoms. The highest BCUT2D eigenvalue weighted by Gasteiger charge is 2.35. The topological polar surface area (TPSA) is 61.8 Å². The van der Waals surface area contributed by atoms with Crippen molar-refractivity contribution in [3.63, 3.8) is 0 Å². The molecule has 0 fully saturated rings. The minimum Gasteiger partial charge on any atom is -0.300 e. The minimum atomic E-state index is -0.432. The first-order chi connectivity index (χ1) is 6.07. The maximum Gasteiger partial charge on any atom is 0.314 e. The zero-order valence-electron chi connectivity index (χ0n) is 9.94. The molecule has 3 N–H and O–H groups in total. The summed E-state index contributed by atoms with van der Waals surface area (Å²) in [6.45, 7) is 9.37. The molecule has 1 amide bonds. The highest BCUT2D eigenvalue weighted by atomic mass is 16.1. The first-order valence-corrected chi connectivity index (χ1v) is 4.93. The summed E-state index contributed by atoms with van der Waals surface area (Å²) < 4.78 is 0. The van der Waals surface area contributed by atoms with Gasteiger partial charge in [0.2, 0.25) is 0 Å². The highest BCUT2D eigenvalue weighted by molar-refractivity contribution is 5.76. The number of ketones is 1. The SMILES string of the molecule is CC(=O)CC(C)(C)CC(C)(C)C([NH3+])=O. The van der Waals surface area contributed by atoms with Gasteiger partial charge in [-0.2, -0.15) is 0 Å². The minimum absolute atomic E-state index is 0.0610. The van der Waals surface area contributed by atoms with Crippen LogP contribution in [-0.4, -0.2) is 11.7 Å². The Bertz CT molecular complexity index is 242. The second-order valence-corrected chi connectivity index (χ2v) is 5.53. The van der Waals surface area contributed by atoms with Gasteiger partial charge in [-0.25, -0.2) is 4.79 Å². The monoisotopic (exact) mass is 200 g/mol. The lowest BCUT2D eigenvalue weighted by Gasteiger charge is -2.30. The molecule has 0 spiro atoms. The van der Waals surface area contributed by atoms with E-state index >= 15 is 0 Å². The first-order valence-electron chi connectivity index (χ1n) is 4.93. The fraction of sp³-hybridized carbons (Fsp3) is 0.818. The molecule has 0 aliphatic heterocycles. The summed E-state index contributed by atoms with van der Waals surface area (Å²) in [7, 11) is 0. The Hall–Kier alpha value is -0.700. The van der Waals surface area contributed by atoms with Gasteiger partial charge < -0.3 is 4.79 Å². The van der Waals surface area contributed by atoms with Crippen molar-refractivity contribution in [1.82, 2.24) is 0 Å². The van der Waals surface area contributed by atoms with Gasteiger partial charge in [0.25, 0.3) is 0 Å². The number of rotatable bonds is 5. The Morgan fingerprint density at radius 3 is 1.86 bits per heavy atom. The Morgan fingerprint density at radius 2 is 1.57 bits per heavy atom. The van der Waals surface area contributed by atoms with E-state index in [1.165, 1.54) is 0 Å². The van der Waals surface area contributed by atoms with Crippen molar-refractivity contribution in [2.75, 3.05) is 0 Å². The highest BCUT2D eigenvalue weighted by Crippen LogP contribution is 2.35. The maximum atomic E-state index is 11.2. The van der Waals surface area contributed by atoms with Crippen LogP contribution in [0.2, 0.25) is 0 Å². The van der Waals surface area contributed by atoms with Gasteiger partial charge >= 0.3 is 5.91 Å². The number of Topliss-reactive ketones (excluding diaryl/α,β-unsaturated/α-hetero) is 1. The third-order valence-electron chi connectivity index (χ3n) is 2.40.